The van der Waals surface area contributed by atoms with Crippen LogP contribution in [0.5, 0.6) is 0 Å². The van der Waals surface area contributed by atoms with Crippen LogP contribution in [0.15, 0.2) is 30.4 Å². The van der Waals surface area contributed by atoms with Gasteiger partial charge in [-0.1, -0.05) is 12.2 Å². The van der Waals surface area contributed by atoms with E-state index in [0.717, 1.165) is 12.8 Å². The predicted octanol–water partition coefficient (Wildman–Crippen LogP) is 4.19. The maximum absolute atomic E-state index is 13.2. The summed E-state index contributed by atoms with van der Waals surface area (Å²) in [6.07, 6.45) is -4.86. The lowest BCUT2D eigenvalue weighted by Crippen LogP contribution is -2.53. The van der Waals surface area contributed by atoms with Crippen LogP contribution in [0.25, 0.3) is 0 Å². The van der Waals surface area contributed by atoms with Crippen molar-refractivity contribution < 1.29 is 41.0 Å². The summed E-state index contributed by atoms with van der Waals surface area (Å²) in [4.78, 5) is 13.2. The third kappa shape index (κ3) is 5.92. The first-order chi connectivity index (χ1) is 15.6. The van der Waals surface area contributed by atoms with E-state index < -0.39 is 46.9 Å². The highest BCUT2D eigenvalue weighted by Gasteiger charge is 2.52. The number of nitrogens with one attached hydrogen (secondary N) is 2. The molecule has 1 aliphatic heterocycles. The molecule has 0 aromatic heterocycles. The van der Waals surface area contributed by atoms with Gasteiger partial charge in [-0.05, 0) is 56.9 Å². The summed E-state index contributed by atoms with van der Waals surface area (Å²) in [5.41, 5.74) is -6.20. The normalized spacial score (nSPS) is 24.4. The Kier molecular flexibility index (Phi) is 7.40. The van der Waals surface area contributed by atoms with E-state index >= 15 is 0 Å². The smallest absolute Gasteiger partial charge is 0.389 e. The van der Waals surface area contributed by atoms with E-state index in [4.69, 9.17) is 4.74 Å². The van der Waals surface area contributed by atoms with Crippen molar-refractivity contribution in [3.63, 3.8) is 0 Å². The maximum atomic E-state index is 13.2. The summed E-state index contributed by atoms with van der Waals surface area (Å²) in [7, 11) is 0. The Labute approximate surface area is 193 Å². The summed E-state index contributed by atoms with van der Waals surface area (Å²) in [5, 5.41) is 16.7. The van der Waals surface area contributed by atoms with E-state index in [2.05, 4.69) is 10.6 Å². The van der Waals surface area contributed by atoms with Crippen LogP contribution < -0.4 is 10.6 Å². The SMILES string of the molecule is CC(C)(O)[C@]1(C(=O)NCc2cc(C(F)(F)F)cc(C(F)(F)F)c2)C=C[C@@H](NC2CCOCC2)C1. The number of carbonyl (C=O) groups is 1. The second-order valence-corrected chi connectivity index (χ2v) is 9.35. The summed E-state index contributed by atoms with van der Waals surface area (Å²) in [5.74, 6) is -0.682. The predicted molar refractivity (Wildman–Crippen MR) is 112 cm³/mol. The number of carbonyl (C=O) groups excluding carboxylic acids is 1. The molecule has 3 rings (SSSR count). The standard InChI is InChI=1S/C23H28F6N2O3/c1-20(2,33)21(6-3-18(12-21)31-17-4-7-34-8-5-17)19(32)30-13-14-9-15(22(24,25)26)11-16(10-14)23(27,28)29/h3,6,9-11,17-18,31,33H,4-5,7-8,12-13H2,1-2H3,(H,30,32)/t18-,21-/m1/s1. The minimum absolute atomic E-state index is 0.0376. The molecule has 5 nitrogen and oxygen atoms in total. The summed E-state index contributed by atoms with van der Waals surface area (Å²) >= 11 is 0. The first-order valence-electron chi connectivity index (χ1n) is 10.9. The summed E-state index contributed by atoms with van der Waals surface area (Å²) in [6.45, 7) is 3.55. The molecule has 0 radical (unpaired) electrons. The van der Waals surface area contributed by atoms with E-state index in [1.807, 2.05) is 0 Å². The average molecular weight is 494 g/mol. The molecule has 1 saturated heterocycles. The Bertz CT molecular complexity index is 885. The van der Waals surface area contributed by atoms with Gasteiger partial charge >= 0.3 is 12.4 Å². The molecule has 1 aromatic carbocycles. The van der Waals surface area contributed by atoms with Crippen LogP contribution in [0.4, 0.5) is 26.3 Å². The van der Waals surface area contributed by atoms with Crippen molar-refractivity contribution in [1.29, 1.82) is 0 Å². The molecule has 2 atom stereocenters. The molecule has 1 heterocycles. The van der Waals surface area contributed by atoms with Crippen LogP contribution in [0.3, 0.4) is 0 Å². The Hall–Kier alpha value is -2.11. The number of ether oxygens (including phenoxy) is 1. The Morgan fingerprint density at radius 1 is 1.06 bits per heavy atom. The van der Waals surface area contributed by atoms with Gasteiger partial charge in [0.25, 0.3) is 0 Å². The fourth-order valence-corrected chi connectivity index (χ4v) is 4.41. The van der Waals surface area contributed by atoms with Crippen molar-refractivity contribution in [2.24, 2.45) is 5.41 Å². The highest BCUT2D eigenvalue weighted by Crippen LogP contribution is 2.43. The third-order valence-electron chi connectivity index (χ3n) is 6.42. The molecule has 1 aliphatic carbocycles. The van der Waals surface area contributed by atoms with Crippen molar-refractivity contribution in [3.8, 4) is 0 Å². The van der Waals surface area contributed by atoms with Gasteiger partial charge in [-0.3, -0.25) is 4.79 Å². The topological polar surface area (TPSA) is 70.6 Å². The zero-order chi connectivity index (χ0) is 25.4. The monoisotopic (exact) mass is 494 g/mol. The lowest BCUT2D eigenvalue weighted by atomic mass is 9.72. The molecule has 0 bridgehead atoms. The van der Waals surface area contributed by atoms with Gasteiger partial charge in [0.15, 0.2) is 0 Å². The van der Waals surface area contributed by atoms with Crippen molar-refractivity contribution in [2.45, 2.75) is 69.7 Å². The molecular formula is C23H28F6N2O3. The zero-order valence-electron chi connectivity index (χ0n) is 18.8. The van der Waals surface area contributed by atoms with Crippen LogP contribution in [0, 0.1) is 5.41 Å². The first-order valence-corrected chi connectivity index (χ1v) is 10.9. The molecule has 2 aliphatic rings. The maximum Gasteiger partial charge on any atom is 0.416 e. The number of hydrogen-bond acceptors (Lipinski definition) is 4. The third-order valence-corrected chi connectivity index (χ3v) is 6.42. The fraction of sp³-hybridized carbons (Fsp3) is 0.609. The van der Waals surface area contributed by atoms with E-state index in [-0.39, 0.29) is 30.1 Å². The van der Waals surface area contributed by atoms with Gasteiger partial charge in [-0.15, -0.1) is 0 Å². The number of aliphatic hydroxyl groups is 1. The van der Waals surface area contributed by atoms with Gasteiger partial charge in [0.2, 0.25) is 5.91 Å². The van der Waals surface area contributed by atoms with Crippen LogP contribution in [0.1, 0.15) is 49.8 Å². The van der Waals surface area contributed by atoms with Crippen molar-refractivity contribution in [3.05, 3.63) is 47.0 Å². The van der Waals surface area contributed by atoms with E-state index in [1.165, 1.54) is 13.8 Å². The van der Waals surface area contributed by atoms with Crippen LogP contribution in [-0.4, -0.2) is 41.9 Å². The second kappa shape index (κ2) is 9.50. The molecule has 0 spiro atoms. The van der Waals surface area contributed by atoms with Gasteiger partial charge in [-0.25, -0.2) is 0 Å². The lowest BCUT2D eigenvalue weighted by molar-refractivity contribution is -0.143. The number of rotatable bonds is 6. The van der Waals surface area contributed by atoms with Gasteiger partial charge in [0.05, 0.1) is 22.1 Å². The largest absolute Gasteiger partial charge is 0.416 e. The highest BCUT2D eigenvalue weighted by molar-refractivity contribution is 5.86. The van der Waals surface area contributed by atoms with Gasteiger partial charge in [0.1, 0.15) is 0 Å². The van der Waals surface area contributed by atoms with E-state index in [1.54, 1.807) is 12.2 Å². The molecule has 0 unspecified atom stereocenters. The molecule has 0 saturated carbocycles. The van der Waals surface area contributed by atoms with Gasteiger partial charge < -0.3 is 20.5 Å². The number of benzene rings is 1. The number of amides is 1. The molecule has 11 heteroatoms. The lowest BCUT2D eigenvalue weighted by Gasteiger charge is -2.39. The number of alkyl halides is 6. The Balaban J connectivity index is 1.77. The Morgan fingerprint density at radius 2 is 1.62 bits per heavy atom. The molecular weight excluding hydrogens is 466 g/mol. The minimum Gasteiger partial charge on any atom is -0.389 e. The van der Waals surface area contributed by atoms with Crippen LogP contribution in [-0.2, 0) is 28.4 Å². The van der Waals surface area contributed by atoms with Gasteiger partial charge in [0, 0.05) is 31.8 Å². The molecule has 190 valence electrons. The van der Waals surface area contributed by atoms with E-state index in [9.17, 15) is 36.2 Å². The zero-order valence-corrected chi connectivity index (χ0v) is 18.8. The van der Waals surface area contributed by atoms with Gasteiger partial charge in [-0.2, -0.15) is 26.3 Å². The quantitative estimate of drug-likeness (QED) is 0.410. The summed E-state index contributed by atoms with van der Waals surface area (Å²) in [6, 6.07) is 1.13. The van der Waals surface area contributed by atoms with Crippen molar-refractivity contribution in [2.75, 3.05) is 13.2 Å². The van der Waals surface area contributed by atoms with E-state index in [0.29, 0.717) is 25.3 Å². The second-order valence-electron chi connectivity index (χ2n) is 9.35. The minimum atomic E-state index is -4.98. The summed E-state index contributed by atoms with van der Waals surface area (Å²) < 4.78 is 84.1. The number of hydrogen-bond donors (Lipinski definition) is 3. The van der Waals surface area contributed by atoms with Crippen molar-refractivity contribution in [1.82, 2.24) is 10.6 Å². The van der Waals surface area contributed by atoms with Crippen LogP contribution in [0.2, 0.25) is 0 Å². The van der Waals surface area contributed by atoms with Crippen molar-refractivity contribution >= 4 is 5.91 Å². The molecule has 1 amide bonds. The van der Waals surface area contributed by atoms with Crippen LogP contribution >= 0.6 is 0 Å². The highest BCUT2D eigenvalue weighted by atomic mass is 19.4. The fourth-order valence-electron chi connectivity index (χ4n) is 4.41. The molecule has 1 aromatic rings. The molecule has 34 heavy (non-hydrogen) atoms. The first kappa shape index (κ1) is 26.5. The molecule has 3 N–H and O–H groups in total. The Morgan fingerprint density at radius 3 is 2.12 bits per heavy atom. The number of halogens is 6. The average Bonchev–Trinajstić information content (AvgIpc) is 3.16. The molecule has 1 fully saturated rings.